The van der Waals surface area contributed by atoms with Gasteiger partial charge in [-0.3, -0.25) is 0 Å². The second kappa shape index (κ2) is 10.3. The molecule has 1 rings (SSSR count). The quantitative estimate of drug-likeness (QED) is 0.362. The number of anilines is 2. The molecular formula is C14H27N5O2. The maximum atomic E-state index is 9.09. The molecule has 0 amide bonds. The third kappa shape index (κ3) is 6.70. The Morgan fingerprint density at radius 3 is 2.67 bits per heavy atom. The smallest absolute Gasteiger partial charge is 0.158 e. The normalized spacial score (nSPS) is 12.2. The first-order valence-electron chi connectivity index (χ1n) is 7.50. The zero-order chi connectivity index (χ0) is 15.5. The van der Waals surface area contributed by atoms with Crippen molar-refractivity contribution < 1.29 is 9.84 Å². The Morgan fingerprint density at radius 1 is 1.29 bits per heavy atom. The van der Waals surface area contributed by atoms with Crippen LogP contribution in [-0.2, 0) is 11.3 Å². The summed E-state index contributed by atoms with van der Waals surface area (Å²) in [6, 6.07) is 1.76. The predicted octanol–water partition coefficient (Wildman–Crippen LogP) is 1.51. The van der Waals surface area contributed by atoms with Crippen LogP contribution in [0.1, 0.15) is 38.9 Å². The molecule has 5 N–H and O–H groups in total. The summed E-state index contributed by atoms with van der Waals surface area (Å²) in [5.41, 5.74) is 2.54. The van der Waals surface area contributed by atoms with Gasteiger partial charge in [-0.05, 0) is 25.7 Å². The molecule has 1 aromatic rings. The van der Waals surface area contributed by atoms with Gasteiger partial charge in [0.15, 0.2) is 5.82 Å². The molecule has 0 aliphatic rings. The molecule has 1 aromatic heterocycles. The van der Waals surface area contributed by atoms with Crippen LogP contribution in [0.3, 0.4) is 0 Å². The minimum absolute atomic E-state index is 0.210. The SMILES string of the molecule is CCCC(CCO)CNc1cc(NN)nc(COCC)n1. The molecule has 0 spiro atoms. The Kier molecular flexibility index (Phi) is 8.65. The number of nitrogen functional groups attached to an aromatic ring is 1. The van der Waals surface area contributed by atoms with Gasteiger partial charge in [-0.1, -0.05) is 13.3 Å². The average molecular weight is 297 g/mol. The third-order valence-corrected chi connectivity index (χ3v) is 3.16. The highest BCUT2D eigenvalue weighted by atomic mass is 16.5. The molecule has 1 unspecified atom stereocenters. The topological polar surface area (TPSA) is 105 Å². The lowest BCUT2D eigenvalue weighted by atomic mass is 10.0. The summed E-state index contributed by atoms with van der Waals surface area (Å²) >= 11 is 0. The molecule has 0 aromatic carbocycles. The summed E-state index contributed by atoms with van der Waals surface area (Å²) in [4.78, 5) is 8.64. The van der Waals surface area contributed by atoms with Crippen molar-refractivity contribution in [3.63, 3.8) is 0 Å². The minimum atomic E-state index is 0.210. The van der Waals surface area contributed by atoms with E-state index in [-0.39, 0.29) is 6.61 Å². The maximum absolute atomic E-state index is 9.09. The van der Waals surface area contributed by atoms with Gasteiger partial charge in [-0.2, -0.15) is 0 Å². The first kappa shape index (κ1) is 17.6. The number of hydrogen-bond acceptors (Lipinski definition) is 7. The number of nitrogens with two attached hydrogens (primary N) is 1. The molecule has 21 heavy (non-hydrogen) atoms. The van der Waals surface area contributed by atoms with Crippen molar-refractivity contribution in [1.29, 1.82) is 0 Å². The summed E-state index contributed by atoms with van der Waals surface area (Å²) in [6.45, 7) is 6.02. The van der Waals surface area contributed by atoms with Crippen molar-refractivity contribution in [2.45, 2.75) is 39.7 Å². The number of nitrogens with zero attached hydrogens (tertiary/aromatic N) is 2. The number of rotatable bonds is 11. The number of nitrogens with one attached hydrogen (secondary N) is 2. The van der Waals surface area contributed by atoms with E-state index in [0.29, 0.717) is 36.6 Å². The molecule has 1 heterocycles. The van der Waals surface area contributed by atoms with Crippen LogP contribution in [0.4, 0.5) is 11.6 Å². The summed E-state index contributed by atoms with van der Waals surface area (Å²) in [5.74, 6) is 7.71. The van der Waals surface area contributed by atoms with Crippen LogP contribution < -0.4 is 16.6 Å². The van der Waals surface area contributed by atoms with E-state index in [1.165, 1.54) is 0 Å². The van der Waals surface area contributed by atoms with Crippen molar-refractivity contribution in [2.24, 2.45) is 11.8 Å². The van der Waals surface area contributed by atoms with Gasteiger partial charge in [0.25, 0.3) is 0 Å². The Morgan fingerprint density at radius 2 is 2.05 bits per heavy atom. The van der Waals surface area contributed by atoms with E-state index >= 15 is 0 Å². The van der Waals surface area contributed by atoms with E-state index in [4.69, 9.17) is 15.7 Å². The van der Waals surface area contributed by atoms with Gasteiger partial charge < -0.3 is 20.6 Å². The zero-order valence-corrected chi connectivity index (χ0v) is 12.9. The number of hydrogen-bond donors (Lipinski definition) is 4. The summed E-state index contributed by atoms with van der Waals surface area (Å²) in [5, 5.41) is 12.4. The van der Waals surface area contributed by atoms with E-state index in [1.54, 1.807) is 6.07 Å². The fraction of sp³-hybridized carbons (Fsp3) is 0.714. The van der Waals surface area contributed by atoms with Gasteiger partial charge in [0, 0.05) is 25.8 Å². The number of aliphatic hydroxyl groups is 1. The van der Waals surface area contributed by atoms with Crippen molar-refractivity contribution in [3.05, 3.63) is 11.9 Å². The number of hydrazine groups is 1. The van der Waals surface area contributed by atoms with Crippen LogP contribution in [0.25, 0.3) is 0 Å². The molecule has 0 bridgehead atoms. The summed E-state index contributed by atoms with van der Waals surface area (Å²) in [6.07, 6.45) is 2.97. The van der Waals surface area contributed by atoms with Crippen LogP contribution in [0.15, 0.2) is 6.07 Å². The maximum Gasteiger partial charge on any atom is 0.158 e. The number of aliphatic hydroxyl groups excluding tert-OH is 1. The third-order valence-electron chi connectivity index (χ3n) is 3.16. The molecule has 0 aliphatic heterocycles. The van der Waals surface area contributed by atoms with E-state index < -0.39 is 0 Å². The first-order valence-corrected chi connectivity index (χ1v) is 7.50. The molecule has 0 saturated heterocycles. The number of aromatic nitrogens is 2. The molecule has 120 valence electrons. The van der Waals surface area contributed by atoms with Crippen molar-refractivity contribution in [1.82, 2.24) is 9.97 Å². The van der Waals surface area contributed by atoms with Crippen molar-refractivity contribution in [3.8, 4) is 0 Å². The predicted molar refractivity (Wildman–Crippen MR) is 83.8 cm³/mol. The van der Waals surface area contributed by atoms with Crippen LogP contribution in [0.5, 0.6) is 0 Å². The average Bonchev–Trinajstić information content (AvgIpc) is 2.50. The zero-order valence-electron chi connectivity index (χ0n) is 12.9. The van der Waals surface area contributed by atoms with Gasteiger partial charge in [-0.25, -0.2) is 15.8 Å². The second-order valence-corrected chi connectivity index (χ2v) is 4.88. The molecule has 0 saturated carbocycles. The van der Waals surface area contributed by atoms with Gasteiger partial charge in [0.1, 0.15) is 18.2 Å². The van der Waals surface area contributed by atoms with E-state index in [0.717, 1.165) is 25.8 Å². The van der Waals surface area contributed by atoms with E-state index in [9.17, 15) is 0 Å². The van der Waals surface area contributed by atoms with Gasteiger partial charge in [0.2, 0.25) is 0 Å². The van der Waals surface area contributed by atoms with Gasteiger partial charge in [0.05, 0.1) is 0 Å². The highest BCUT2D eigenvalue weighted by Gasteiger charge is 2.09. The summed E-state index contributed by atoms with van der Waals surface area (Å²) < 4.78 is 5.32. The molecule has 7 heteroatoms. The van der Waals surface area contributed by atoms with Crippen LogP contribution in [-0.4, -0.2) is 34.8 Å². The molecular weight excluding hydrogens is 270 g/mol. The second-order valence-electron chi connectivity index (χ2n) is 4.88. The van der Waals surface area contributed by atoms with Crippen LogP contribution in [0, 0.1) is 5.92 Å². The summed E-state index contributed by atoms with van der Waals surface area (Å²) in [7, 11) is 0. The number of ether oxygens (including phenoxy) is 1. The van der Waals surface area contributed by atoms with E-state index in [1.807, 2.05) is 6.92 Å². The Bertz CT molecular complexity index is 397. The van der Waals surface area contributed by atoms with Crippen molar-refractivity contribution in [2.75, 3.05) is 30.5 Å². The molecule has 0 radical (unpaired) electrons. The Hall–Kier alpha value is -1.44. The van der Waals surface area contributed by atoms with Gasteiger partial charge in [-0.15, -0.1) is 0 Å². The van der Waals surface area contributed by atoms with E-state index in [2.05, 4.69) is 27.6 Å². The Labute approximate surface area is 126 Å². The van der Waals surface area contributed by atoms with Crippen LogP contribution >= 0.6 is 0 Å². The Balaban J connectivity index is 2.67. The highest BCUT2D eigenvalue weighted by molar-refractivity contribution is 5.46. The molecule has 0 aliphatic carbocycles. The molecule has 0 fully saturated rings. The van der Waals surface area contributed by atoms with Crippen LogP contribution in [0.2, 0.25) is 0 Å². The standard InChI is InChI=1S/C14H27N5O2/c1-3-5-11(6-7-20)9-16-12-8-13(19-15)18-14(17-12)10-21-4-2/h8,11,20H,3-7,9-10,15H2,1-2H3,(H2,16,17,18,19). The fourth-order valence-corrected chi connectivity index (χ4v) is 2.11. The molecule has 1 atom stereocenters. The monoisotopic (exact) mass is 297 g/mol. The molecule has 7 nitrogen and oxygen atoms in total. The van der Waals surface area contributed by atoms with Gasteiger partial charge >= 0.3 is 0 Å². The highest BCUT2D eigenvalue weighted by Crippen LogP contribution is 2.15. The first-order chi connectivity index (χ1) is 10.2. The largest absolute Gasteiger partial charge is 0.396 e. The minimum Gasteiger partial charge on any atom is -0.396 e. The lowest BCUT2D eigenvalue weighted by molar-refractivity contribution is 0.128. The fourth-order valence-electron chi connectivity index (χ4n) is 2.11. The lowest BCUT2D eigenvalue weighted by Crippen LogP contribution is -2.18. The lowest BCUT2D eigenvalue weighted by Gasteiger charge is -2.16. The van der Waals surface area contributed by atoms with Crippen molar-refractivity contribution >= 4 is 11.6 Å².